The molecule has 11 heteroatoms. The van der Waals surface area contributed by atoms with E-state index in [9.17, 15) is 10.1 Å². The zero-order chi connectivity index (χ0) is 30.8. The molecule has 3 aliphatic heterocycles. The third-order valence-corrected chi connectivity index (χ3v) is 9.51. The number of hydrogen-bond acceptors (Lipinski definition) is 9. The van der Waals surface area contributed by atoms with E-state index in [1.165, 1.54) is 0 Å². The molecule has 2 saturated heterocycles. The van der Waals surface area contributed by atoms with Gasteiger partial charge in [0.15, 0.2) is 0 Å². The van der Waals surface area contributed by atoms with Crippen molar-refractivity contribution in [2.45, 2.75) is 63.7 Å². The number of nitrogens with two attached hydrogens (primary N) is 1. The number of hydrogen-bond donors (Lipinski definition) is 1. The van der Waals surface area contributed by atoms with Crippen LogP contribution in [-0.4, -0.2) is 90.2 Å². The zero-order valence-electron chi connectivity index (χ0n) is 25.6. The molecule has 232 valence electrons. The first kappa shape index (κ1) is 30.4. The molecule has 1 amide bonds. The van der Waals surface area contributed by atoms with Crippen molar-refractivity contribution in [1.29, 1.82) is 5.26 Å². The topological polar surface area (TPSA) is 115 Å². The summed E-state index contributed by atoms with van der Waals surface area (Å²) in [6, 6.07) is 14.8. The molecule has 10 nitrogen and oxygen atoms in total. The maximum absolute atomic E-state index is 13.0. The number of carbonyl (C=O) groups is 1. The summed E-state index contributed by atoms with van der Waals surface area (Å²) in [5.41, 5.74) is 9.06. The van der Waals surface area contributed by atoms with Gasteiger partial charge in [0.1, 0.15) is 12.4 Å². The molecule has 2 N–H and O–H groups in total. The fraction of sp³-hybridized carbons (Fsp3) is 0.515. The fourth-order valence-electron chi connectivity index (χ4n) is 6.87. The third kappa shape index (κ3) is 6.27. The van der Waals surface area contributed by atoms with Gasteiger partial charge >= 0.3 is 6.01 Å². The number of aromatic nitrogens is 2. The van der Waals surface area contributed by atoms with Gasteiger partial charge < -0.3 is 30.1 Å². The number of piperazine rings is 1. The monoisotopic (exact) mass is 616 g/mol. The van der Waals surface area contributed by atoms with Crippen LogP contribution in [0.3, 0.4) is 0 Å². The molecule has 3 aliphatic rings. The Morgan fingerprint density at radius 2 is 1.95 bits per heavy atom. The summed E-state index contributed by atoms with van der Waals surface area (Å²) in [6.07, 6.45) is 3.53. The molecule has 0 radical (unpaired) electrons. The lowest BCUT2D eigenvalue weighted by Gasteiger charge is -2.42. The average molecular weight is 617 g/mol. The van der Waals surface area contributed by atoms with E-state index < -0.39 is 0 Å². The summed E-state index contributed by atoms with van der Waals surface area (Å²) in [5.74, 6) is 0.848. The molecule has 1 aromatic heterocycles. The predicted molar refractivity (Wildman–Crippen MR) is 173 cm³/mol. The molecule has 4 heterocycles. The predicted octanol–water partition coefficient (Wildman–Crippen LogP) is 3.99. The van der Waals surface area contributed by atoms with E-state index in [1.807, 2.05) is 24.0 Å². The minimum atomic E-state index is -0.236. The maximum Gasteiger partial charge on any atom is 0.318 e. The van der Waals surface area contributed by atoms with Gasteiger partial charge in [0.05, 0.1) is 35.8 Å². The van der Waals surface area contributed by atoms with Gasteiger partial charge in [-0.2, -0.15) is 15.2 Å². The van der Waals surface area contributed by atoms with Crippen molar-refractivity contribution in [2.24, 2.45) is 5.73 Å². The Labute approximate surface area is 264 Å². The number of fused-ring (bicyclic) bond motifs is 2. The molecular weight excluding hydrogens is 576 g/mol. The van der Waals surface area contributed by atoms with E-state index >= 15 is 0 Å². The second-order valence-corrected chi connectivity index (χ2v) is 12.8. The summed E-state index contributed by atoms with van der Waals surface area (Å²) in [5, 5.41) is 12.5. The number of anilines is 2. The number of amides is 1. The second-order valence-electron chi connectivity index (χ2n) is 12.4. The number of benzene rings is 2. The second kappa shape index (κ2) is 13.1. The van der Waals surface area contributed by atoms with E-state index in [0.717, 1.165) is 70.9 Å². The van der Waals surface area contributed by atoms with Gasteiger partial charge in [-0.05, 0) is 57.3 Å². The van der Waals surface area contributed by atoms with E-state index in [1.54, 1.807) is 0 Å². The molecule has 6 rings (SSSR count). The van der Waals surface area contributed by atoms with Gasteiger partial charge in [-0.1, -0.05) is 35.9 Å². The Kier molecular flexibility index (Phi) is 9.08. The highest BCUT2D eigenvalue weighted by atomic mass is 35.5. The molecule has 0 saturated carbocycles. The highest BCUT2D eigenvalue weighted by Crippen LogP contribution is 2.37. The van der Waals surface area contributed by atoms with Crippen LogP contribution in [0.1, 0.15) is 43.9 Å². The molecule has 0 spiro atoms. The highest BCUT2D eigenvalue weighted by Gasteiger charge is 2.34. The lowest BCUT2D eigenvalue weighted by Crippen LogP contribution is -2.56. The summed E-state index contributed by atoms with van der Waals surface area (Å²) in [6.45, 7) is 6.48. The summed E-state index contributed by atoms with van der Waals surface area (Å²) < 4.78 is 6.30. The van der Waals surface area contributed by atoms with Crippen molar-refractivity contribution in [3.63, 3.8) is 0 Å². The van der Waals surface area contributed by atoms with E-state index in [4.69, 9.17) is 32.0 Å². The van der Waals surface area contributed by atoms with Crippen LogP contribution in [0.5, 0.6) is 6.01 Å². The van der Waals surface area contributed by atoms with Crippen LogP contribution < -0.4 is 20.3 Å². The average Bonchev–Trinajstić information content (AvgIpc) is 3.43. The quantitative estimate of drug-likeness (QED) is 0.401. The van der Waals surface area contributed by atoms with Crippen molar-refractivity contribution in [3.05, 3.63) is 52.7 Å². The van der Waals surface area contributed by atoms with Crippen LogP contribution in [0.25, 0.3) is 10.8 Å². The normalized spacial score (nSPS) is 21.3. The van der Waals surface area contributed by atoms with E-state index in [0.29, 0.717) is 44.8 Å². The Hall–Kier alpha value is -3.65. The Balaban J connectivity index is 1.32. The van der Waals surface area contributed by atoms with Crippen molar-refractivity contribution >= 4 is 39.8 Å². The first-order valence-corrected chi connectivity index (χ1v) is 16.0. The number of nitriles is 1. The van der Waals surface area contributed by atoms with Crippen LogP contribution in [0, 0.1) is 11.3 Å². The first-order chi connectivity index (χ1) is 21.3. The molecule has 0 unspecified atom stereocenters. The lowest BCUT2D eigenvalue weighted by molar-refractivity contribution is -0.134. The third-order valence-electron chi connectivity index (χ3n) is 9.20. The van der Waals surface area contributed by atoms with Crippen LogP contribution in [0.4, 0.5) is 11.5 Å². The van der Waals surface area contributed by atoms with Crippen molar-refractivity contribution < 1.29 is 9.53 Å². The smallest absolute Gasteiger partial charge is 0.318 e. The molecule has 2 aromatic carbocycles. The molecule has 0 bridgehead atoms. The number of rotatable bonds is 8. The number of likely N-dealkylation sites (tertiary alicyclic amines) is 1. The minimum Gasteiger partial charge on any atom is -0.462 e. The van der Waals surface area contributed by atoms with Crippen LogP contribution in [0.15, 0.2) is 36.4 Å². The van der Waals surface area contributed by atoms with Crippen LogP contribution >= 0.6 is 11.6 Å². The number of ether oxygens (including phenoxy) is 1. The number of carbonyl (C=O) groups excluding carboxylic acids is 1. The van der Waals surface area contributed by atoms with Crippen molar-refractivity contribution in [3.8, 4) is 12.1 Å². The number of halogens is 1. The Bertz CT molecular complexity index is 1550. The van der Waals surface area contributed by atoms with Gasteiger partial charge in [-0.15, -0.1) is 0 Å². The highest BCUT2D eigenvalue weighted by molar-refractivity contribution is 6.36. The van der Waals surface area contributed by atoms with Gasteiger partial charge in [0.25, 0.3) is 0 Å². The van der Waals surface area contributed by atoms with Crippen LogP contribution in [-0.2, 0) is 17.8 Å². The summed E-state index contributed by atoms with van der Waals surface area (Å²) in [4.78, 5) is 31.7. The lowest BCUT2D eigenvalue weighted by atomic mass is 10.0. The van der Waals surface area contributed by atoms with Crippen LogP contribution in [0.2, 0.25) is 5.02 Å². The minimum absolute atomic E-state index is 0.00119. The van der Waals surface area contributed by atoms with Gasteiger partial charge in [-0.25, -0.2) is 0 Å². The number of nitrogens with zero attached hydrogens (tertiary/aromatic N) is 7. The molecule has 0 aliphatic carbocycles. The number of likely N-dealkylation sites (N-methyl/N-ethyl adjacent to an activating group) is 1. The Morgan fingerprint density at radius 3 is 2.70 bits per heavy atom. The molecule has 44 heavy (non-hydrogen) atoms. The van der Waals surface area contributed by atoms with Gasteiger partial charge in [0.2, 0.25) is 5.91 Å². The first-order valence-electron chi connectivity index (χ1n) is 15.6. The fourth-order valence-corrected chi connectivity index (χ4v) is 7.15. The van der Waals surface area contributed by atoms with Crippen molar-refractivity contribution in [1.82, 2.24) is 19.8 Å². The SMILES string of the molecule is C[C@H](N)CC(=O)N1CCN(c2nc(OC[C@@H]3CCCN3C)nc3c2CCN(c2cccc4cccc(Cl)c24)C3)C[C@@H]1CC#N. The van der Waals surface area contributed by atoms with E-state index in [2.05, 4.69) is 52.1 Å². The summed E-state index contributed by atoms with van der Waals surface area (Å²) >= 11 is 6.71. The summed E-state index contributed by atoms with van der Waals surface area (Å²) in [7, 11) is 2.13. The molecule has 3 aromatic rings. The van der Waals surface area contributed by atoms with E-state index in [-0.39, 0.29) is 30.8 Å². The molecule has 2 fully saturated rings. The van der Waals surface area contributed by atoms with Crippen molar-refractivity contribution in [2.75, 3.05) is 56.2 Å². The van der Waals surface area contributed by atoms with Gasteiger partial charge in [0, 0.05) is 61.3 Å². The maximum atomic E-state index is 13.0. The standard InChI is InChI=1S/C33H41ClN8O2/c1-22(36)18-30(43)42-17-16-41(19-24(42)11-13-35)32-26-12-15-40(29-10-4-7-23-6-3-9-27(34)31(23)29)20-28(26)37-33(38-32)44-21-25-8-5-14-39(25)2/h3-4,6-7,9-10,22,24-25H,5,8,11-12,14-21,36H2,1-2H3/t22-,24-,25-/m0/s1. The largest absolute Gasteiger partial charge is 0.462 e. The Morgan fingerprint density at radius 1 is 1.14 bits per heavy atom. The van der Waals surface area contributed by atoms with Gasteiger partial charge in [-0.3, -0.25) is 4.79 Å². The molecule has 3 atom stereocenters. The zero-order valence-corrected chi connectivity index (χ0v) is 26.3. The molecular formula is C33H41ClN8O2.